The molecule has 5 nitrogen and oxygen atoms in total. The van der Waals surface area contributed by atoms with Gasteiger partial charge in [0, 0.05) is 11.3 Å². The number of anilines is 1. The molecule has 0 spiro atoms. The lowest BCUT2D eigenvalue weighted by Gasteiger charge is -2.32. The molecule has 30 heavy (non-hydrogen) atoms. The first-order valence-corrected chi connectivity index (χ1v) is 11.5. The molecule has 0 saturated carbocycles. The molecular formula is C24H26N2O3S. The fourth-order valence-corrected chi connectivity index (χ4v) is 4.50. The minimum Gasteiger partial charge on any atom is -0.339 e. The Labute approximate surface area is 178 Å². The summed E-state index contributed by atoms with van der Waals surface area (Å²) in [7, 11) is -3.43. The minimum absolute atomic E-state index is 0.0313. The van der Waals surface area contributed by atoms with E-state index in [1.165, 1.54) is 0 Å². The molecule has 156 valence electrons. The summed E-state index contributed by atoms with van der Waals surface area (Å²) in [4.78, 5) is 13.2. The molecule has 3 rings (SSSR count). The van der Waals surface area contributed by atoms with E-state index in [-0.39, 0.29) is 11.7 Å². The third-order valence-electron chi connectivity index (χ3n) is 4.94. The first-order valence-electron chi connectivity index (χ1n) is 9.88. The van der Waals surface area contributed by atoms with Crippen molar-refractivity contribution in [3.8, 4) is 0 Å². The van der Waals surface area contributed by atoms with Crippen molar-refractivity contribution in [2.45, 2.75) is 25.8 Å². The van der Waals surface area contributed by atoms with Gasteiger partial charge in [0.2, 0.25) is 10.0 Å². The fourth-order valence-electron chi connectivity index (χ4n) is 3.38. The maximum absolute atomic E-state index is 13.2. The number of rotatable bonds is 8. The molecule has 3 aromatic carbocycles. The van der Waals surface area contributed by atoms with Crippen molar-refractivity contribution < 1.29 is 13.2 Å². The lowest BCUT2D eigenvalue weighted by molar-refractivity contribution is 0.0919. The van der Waals surface area contributed by atoms with Crippen LogP contribution in [0.3, 0.4) is 0 Å². The second-order valence-corrected chi connectivity index (χ2v) is 9.15. The maximum atomic E-state index is 13.2. The van der Waals surface area contributed by atoms with Gasteiger partial charge in [0.1, 0.15) is 0 Å². The Kier molecular flexibility index (Phi) is 6.57. The van der Waals surface area contributed by atoms with E-state index in [9.17, 15) is 13.2 Å². The minimum atomic E-state index is -3.43. The number of hydrogen-bond donors (Lipinski definition) is 2. The van der Waals surface area contributed by atoms with Crippen molar-refractivity contribution in [3.05, 3.63) is 102 Å². The Morgan fingerprint density at radius 3 is 1.97 bits per heavy atom. The molecule has 0 aliphatic rings. The van der Waals surface area contributed by atoms with Gasteiger partial charge in [0.05, 0.1) is 11.3 Å². The zero-order valence-electron chi connectivity index (χ0n) is 17.1. The smallest absolute Gasteiger partial charge is 0.252 e. The van der Waals surface area contributed by atoms with Gasteiger partial charge in [-0.05, 0) is 42.7 Å². The molecule has 0 aromatic heterocycles. The predicted molar refractivity (Wildman–Crippen MR) is 121 cm³/mol. The number of sulfonamides is 1. The average Bonchev–Trinajstić information content (AvgIpc) is 2.74. The van der Waals surface area contributed by atoms with Gasteiger partial charge in [-0.15, -0.1) is 0 Å². The third-order valence-corrected chi connectivity index (χ3v) is 6.43. The first kappa shape index (κ1) is 21.6. The number of amides is 1. The fraction of sp³-hybridized carbons (Fsp3) is 0.208. The monoisotopic (exact) mass is 422 g/mol. The van der Waals surface area contributed by atoms with E-state index in [1.54, 1.807) is 31.2 Å². The molecule has 0 heterocycles. The summed E-state index contributed by atoms with van der Waals surface area (Å²) in [5, 5.41) is 3.14. The van der Waals surface area contributed by atoms with E-state index in [2.05, 4.69) is 10.0 Å². The van der Waals surface area contributed by atoms with E-state index < -0.39 is 15.6 Å². The van der Waals surface area contributed by atoms with Crippen molar-refractivity contribution in [1.29, 1.82) is 0 Å². The SMILES string of the molecule is CCCS(=O)(=O)Nc1cccc(C(=O)NC(C)(c2ccccc2)c2ccccc2)c1. The van der Waals surface area contributed by atoms with Crippen LogP contribution in [0.4, 0.5) is 5.69 Å². The normalized spacial score (nSPS) is 11.7. The van der Waals surface area contributed by atoms with Gasteiger partial charge in [0.25, 0.3) is 5.91 Å². The van der Waals surface area contributed by atoms with Gasteiger partial charge < -0.3 is 5.32 Å². The second-order valence-electron chi connectivity index (χ2n) is 7.31. The summed E-state index contributed by atoms with van der Waals surface area (Å²) in [5.41, 5.74) is 1.90. The Balaban J connectivity index is 1.91. The van der Waals surface area contributed by atoms with E-state index in [4.69, 9.17) is 0 Å². The molecule has 3 aromatic rings. The van der Waals surface area contributed by atoms with Crippen molar-refractivity contribution >= 4 is 21.6 Å². The Bertz CT molecular complexity index is 1060. The summed E-state index contributed by atoms with van der Waals surface area (Å²) in [6.07, 6.45) is 0.516. The summed E-state index contributed by atoms with van der Waals surface area (Å²) in [6.45, 7) is 3.76. The van der Waals surface area contributed by atoms with Crippen molar-refractivity contribution in [2.75, 3.05) is 10.5 Å². The van der Waals surface area contributed by atoms with Gasteiger partial charge in [-0.1, -0.05) is 73.7 Å². The van der Waals surface area contributed by atoms with Crippen LogP contribution in [-0.4, -0.2) is 20.1 Å². The zero-order chi connectivity index (χ0) is 21.6. The average molecular weight is 423 g/mol. The van der Waals surface area contributed by atoms with Crippen molar-refractivity contribution in [2.24, 2.45) is 0 Å². The van der Waals surface area contributed by atoms with Crippen LogP contribution < -0.4 is 10.0 Å². The summed E-state index contributed by atoms with van der Waals surface area (Å²) < 4.78 is 26.7. The van der Waals surface area contributed by atoms with E-state index in [0.29, 0.717) is 17.7 Å². The molecule has 0 fully saturated rings. The zero-order valence-corrected chi connectivity index (χ0v) is 17.9. The largest absolute Gasteiger partial charge is 0.339 e. The van der Waals surface area contributed by atoms with E-state index in [1.807, 2.05) is 67.6 Å². The van der Waals surface area contributed by atoms with Crippen LogP contribution in [-0.2, 0) is 15.6 Å². The molecule has 0 radical (unpaired) electrons. The lowest BCUT2D eigenvalue weighted by Crippen LogP contribution is -2.44. The van der Waals surface area contributed by atoms with E-state index in [0.717, 1.165) is 11.1 Å². The second kappa shape index (κ2) is 9.13. The first-order chi connectivity index (χ1) is 14.3. The number of nitrogens with one attached hydrogen (secondary N) is 2. The molecule has 0 aliphatic heterocycles. The molecule has 0 unspecified atom stereocenters. The van der Waals surface area contributed by atoms with Crippen molar-refractivity contribution in [1.82, 2.24) is 5.32 Å². The molecule has 0 saturated heterocycles. The van der Waals surface area contributed by atoms with Gasteiger partial charge in [-0.3, -0.25) is 9.52 Å². The standard InChI is InChI=1S/C24H26N2O3S/c1-3-17-30(28,29)26-22-16-10-11-19(18-22)23(27)25-24(2,20-12-6-4-7-13-20)21-14-8-5-9-15-21/h4-16,18,26H,3,17H2,1-2H3,(H,25,27). The van der Waals surface area contributed by atoms with Crippen LogP contribution in [0.2, 0.25) is 0 Å². The maximum Gasteiger partial charge on any atom is 0.252 e. The highest BCUT2D eigenvalue weighted by Crippen LogP contribution is 2.29. The molecule has 2 N–H and O–H groups in total. The Morgan fingerprint density at radius 2 is 1.43 bits per heavy atom. The lowest BCUT2D eigenvalue weighted by atomic mass is 9.84. The summed E-state index contributed by atoms with van der Waals surface area (Å²) in [6, 6.07) is 26.0. The molecule has 6 heteroatoms. The molecule has 0 aliphatic carbocycles. The van der Waals surface area contributed by atoms with Crippen LogP contribution >= 0.6 is 0 Å². The van der Waals surface area contributed by atoms with Crippen LogP contribution in [0.5, 0.6) is 0 Å². The van der Waals surface area contributed by atoms with Crippen LogP contribution in [0, 0.1) is 0 Å². The highest BCUT2D eigenvalue weighted by molar-refractivity contribution is 7.92. The van der Waals surface area contributed by atoms with Gasteiger partial charge in [0.15, 0.2) is 0 Å². The molecular weight excluding hydrogens is 396 g/mol. The quantitative estimate of drug-likeness (QED) is 0.560. The van der Waals surface area contributed by atoms with Gasteiger partial charge >= 0.3 is 0 Å². The molecule has 0 atom stereocenters. The summed E-state index contributed by atoms with van der Waals surface area (Å²) in [5.74, 6) is -0.259. The number of hydrogen-bond acceptors (Lipinski definition) is 3. The highest BCUT2D eigenvalue weighted by atomic mass is 32.2. The van der Waals surface area contributed by atoms with Crippen LogP contribution in [0.1, 0.15) is 41.8 Å². The number of carbonyl (C=O) groups excluding carboxylic acids is 1. The van der Waals surface area contributed by atoms with Crippen LogP contribution in [0.15, 0.2) is 84.9 Å². The number of carbonyl (C=O) groups is 1. The Hall–Kier alpha value is -3.12. The van der Waals surface area contributed by atoms with Gasteiger partial charge in [-0.2, -0.15) is 0 Å². The van der Waals surface area contributed by atoms with Gasteiger partial charge in [-0.25, -0.2) is 8.42 Å². The molecule has 1 amide bonds. The van der Waals surface area contributed by atoms with Crippen LogP contribution in [0.25, 0.3) is 0 Å². The predicted octanol–water partition coefficient (Wildman–Crippen LogP) is 4.53. The number of benzene rings is 3. The summed E-state index contributed by atoms with van der Waals surface area (Å²) >= 11 is 0. The topological polar surface area (TPSA) is 75.3 Å². The Morgan fingerprint density at radius 1 is 0.867 bits per heavy atom. The van der Waals surface area contributed by atoms with Crippen molar-refractivity contribution in [3.63, 3.8) is 0 Å². The highest BCUT2D eigenvalue weighted by Gasteiger charge is 2.31. The van der Waals surface area contributed by atoms with E-state index >= 15 is 0 Å². The molecule has 0 bridgehead atoms. The third kappa shape index (κ3) is 5.07.